The van der Waals surface area contributed by atoms with Crippen molar-refractivity contribution < 1.29 is 9.18 Å². The van der Waals surface area contributed by atoms with E-state index < -0.39 is 0 Å². The van der Waals surface area contributed by atoms with Gasteiger partial charge >= 0.3 is 0 Å². The molecule has 1 aromatic carbocycles. The lowest BCUT2D eigenvalue weighted by Crippen LogP contribution is -2.12. The summed E-state index contributed by atoms with van der Waals surface area (Å²) in [5.74, 6) is 0.170. The van der Waals surface area contributed by atoms with Crippen molar-refractivity contribution in [3.8, 4) is 0 Å². The van der Waals surface area contributed by atoms with Gasteiger partial charge in [0.2, 0.25) is 5.13 Å². The van der Waals surface area contributed by atoms with E-state index in [9.17, 15) is 9.18 Å². The summed E-state index contributed by atoms with van der Waals surface area (Å²) in [6, 6.07) is 8.49. The first kappa shape index (κ1) is 18.4. The van der Waals surface area contributed by atoms with E-state index >= 15 is 0 Å². The molecule has 0 aliphatic carbocycles. The van der Waals surface area contributed by atoms with Crippen LogP contribution in [-0.4, -0.2) is 27.6 Å². The summed E-state index contributed by atoms with van der Waals surface area (Å²) < 4.78 is 14.5. The molecule has 0 saturated carbocycles. The highest BCUT2D eigenvalue weighted by Gasteiger charge is 2.08. The lowest BCUT2D eigenvalue weighted by molar-refractivity contribution is 0.102. The van der Waals surface area contributed by atoms with Crippen LogP contribution in [0, 0.1) is 5.82 Å². The van der Waals surface area contributed by atoms with Crippen molar-refractivity contribution in [2.45, 2.75) is 12.8 Å². The Morgan fingerprint density at radius 3 is 2.85 bits per heavy atom. The van der Waals surface area contributed by atoms with E-state index in [0.29, 0.717) is 35.0 Å². The highest BCUT2D eigenvalue weighted by atomic mass is 79.9. The molecule has 0 bridgehead atoms. The highest BCUT2D eigenvalue weighted by molar-refractivity contribution is 9.10. The third-order valence-corrected chi connectivity index (χ3v) is 4.65. The number of pyridine rings is 1. The summed E-state index contributed by atoms with van der Waals surface area (Å²) in [5, 5.41) is 13.7. The Morgan fingerprint density at radius 2 is 2.15 bits per heavy atom. The van der Waals surface area contributed by atoms with Gasteiger partial charge in [-0.25, -0.2) is 9.37 Å². The van der Waals surface area contributed by atoms with Gasteiger partial charge in [-0.1, -0.05) is 33.3 Å². The first-order chi connectivity index (χ1) is 12.6. The van der Waals surface area contributed by atoms with E-state index in [1.807, 2.05) is 6.07 Å². The van der Waals surface area contributed by atoms with Gasteiger partial charge in [0.15, 0.2) is 0 Å². The molecule has 26 heavy (non-hydrogen) atoms. The second kappa shape index (κ2) is 8.81. The molecule has 0 atom stereocenters. The van der Waals surface area contributed by atoms with E-state index in [1.165, 1.54) is 23.6 Å². The first-order valence-corrected chi connectivity index (χ1v) is 9.50. The van der Waals surface area contributed by atoms with Crippen molar-refractivity contribution in [2.24, 2.45) is 0 Å². The monoisotopic (exact) mass is 435 g/mol. The van der Waals surface area contributed by atoms with Crippen LogP contribution >= 0.6 is 27.3 Å². The van der Waals surface area contributed by atoms with Gasteiger partial charge in [-0.05, 0) is 42.7 Å². The molecule has 9 heteroatoms. The molecule has 0 saturated heterocycles. The number of aromatic nitrogens is 3. The maximum absolute atomic E-state index is 13.7. The van der Waals surface area contributed by atoms with Gasteiger partial charge in [-0.2, -0.15) is 0 Å². The number of aryl methyl sites for hydroxylation is 1. The Morgan fingerprint density at radius 1 is 1.27 bits per heavy atom. The van der Waals surface area contributed by atoms with Gasteiger partial charge in [-0.15, -0.1) is 10.2 Å². The van der Waals surface area contributed by atoms with E-state index in [0.717, 1.165) is 10.9 Å². The lowest BCUT2D eigenvalue weighted by Gasteiger charge is -2.07. The number of carbonyl (C=O) groups is 1. The summed E-state index contributed by atoms with van der Waals surface area (Å²) in [7, 11) is 0. The molecule has 134 valence electrons. The molecule has 3 aromatic rings. The fourth-order valence-corrected chi connectivity index (χ4v) is 3.02. The van der Waals surface area contributed by atoms with Crippen LogP contribution < -0.4 is 10.6 Å². The van der Waals surface area contributed by atoms with Gasteiger partial charge in [0.1, 0.15) is 17.1 Å². The molecule has 0 aliphatic heterocycles. The standard InChI is InChI=1S/C17H15BrFN5OS/c18-13-5-3-11(14(19)8-13)2-1-7-20-15-6-4-12(9-21-15)16(25)23-17-24-22-10-26-17/h3-6,8-10H,1-2,7H2,(H,20,21)(H,23,24,25). The Kier molecular flexibility index (Phi) is 6.24. The molecule has 1 amide bonds. The summed E-state index contributed by atoms with van der Waals surface area (Å²) in [5.41, 5.74) is 2.66. The average molecular weight is 436 g/mol. The zero-order valence-corrected chi connectivity index (χ0v) is 16.0. The number of anilines is 2. The second-order valence-corrected chi connectivity index (χ2v) is 7.15. The fourth-order valence-electron chi connectivity index (χ4n) is 2.25. The lowest BCUT2D eigenvalue weighted by atomic mass is 10.1. The third-order valence-electron chi connectivity index (χ3n) is 3.55. The summed E-state index contributed by atoms with van der Waals surface area (Å²) >= 11 is 4.49. The zero-order chi connectivity index (χ0) is 18.4. The van der Waals surface area contributed by atoms with Crippen LogP contribution in [0.1, 0.15) is 22.3 Å². The summed E-state index contributed by atoms with van der Waals surface area (Å²) in [6.07, 6.45) is 2.89. The molecule has 0 aliphatic rings. The molecular formula is C17H15BrFN5OS. The maximum atomic E-state index is 13.7. The van der Waals surface area contributed by atoms with Crippen LogP contribution in [0.3, 0.4) is 0 Å². The largest absolute Gasteiger partial charge is 0.370 e. The number of rotatable bonds is 7. The van der Waals surface area contributed by atoms with Gasteiger partial charge in [0.05, 0.1) is 5.56 Å². The molecule has 6 nitrogen and oxygen atoms in total. The highest BCUT2D eigenvalue weighted by Crippen LogP contribution is 2.17. The van der Waals surface area contributed by atoms with Gasteiger partial charge in [0, 0.05) is 17.2 Å². The maximum Gasteiger partial charge on any atom is 0.259 e. The number of amides is 1. The smallest absolute Gasteiger partial charge is 0.259 e. The predicted molar refractivity (Wildman–Crippen MR) is 103 cm³/mol. The number of carbonyl (C=O) groups excluding carboxylic acids is 1. The Labute approximate surface area is 162 Å². The quantitative estimate of drug-likeness (QED) is 0.545. The van der Waals surface area contributed by atoms with Crippen molar-refractivity contribution in [2.75, 3.05) is 17.2 Å². The van der Waals surface area contributed by atoms with Crippen LogP contribution in [0.2, 0.25) is 0 Å². The van der Waals surface area contributed by atoms with Crippen LogP contribution in [-0.2, 0) is 6.42 Å². The minimum absolute atomic E-state index is 0.205. The molecule has 0 unspecified atom stereocenters. The minimum atomic E-state index is -0.286. The SMILES string of the molecule is O=C(Nc1nncs1)c1ccc(NCCCc2ccc(Br)cc2F)nc1. The molecule has 2 N–H and O–H groups in total. The number of nitrogens with zero attached hydrogens (tertiary/aromatic N) is 3. The van der Waals surface area contributed by atoms with Crippen molar-refractivity contribution in [3.05, 3.63) is 63.5 Å². The second-order valence-electron chi connectivity index (χ2n) is 5.40. The number of hydrogen-bond donors (Lipinski definition) is 2. The van der Waals surface area contributed by atoms with Crippen molar-refractivity contribution in [3.63, 3.8) is 0 Å². The van der Waals surface area contributed by atoms with Crippen molar-refractivity contribution in [1.82, 2.24) is 15.2 Å². The molecule has 2 aromatic heterocycles. The Hall–Kier alpha value is -2.39. The topological polar surface area (TPSA) is 79.8 Å². The molecular weight excluding hydrogens is 421 g/mol. The van der Waals surface area contributed by atoms with Crippen LogP contribution in [0.25, 0.3) is 0 Å². The fraction of sp³-hybridized carbons (Fsp3) is 0.176. The Bertz CT molecular complexity index is 873. The predicted octanol–water partition coefficient (Wildman–Crippen LogP) is 4.13. The average Bonchev–Trinajstić information content (AvgIpc) is 3.13. The zero-order valence-electron chi connectivity index (χ0n) is 13.6. The molecule has 0 radical (unpaired) electrons. The van der Waals surface area contributed by atoms with Crippen molar-refractivity contribution in [1.29, 1.82) is 0 Å². The number of halogens is 2. The van der Waals surface area contributed by atoms with E-state index in [4.69, 9.17) is 0 Å². The van der Waals surface area contributed by atoms with Gasteiger partial charge in [-0.3, -0.25) is 10.1 Å². The number of benzene rings is 1. The van der Waals surface area contributed by atoms with Crippen molar-refractivity contribution >= 4 is 44.1 Å². The van der Waals surface area contributed by atoms with Crippen LogP contribution in [0.15, 0.2) is 46.5 Å². The molecule has 3 rings (SSSR count). The van der Waals surface area contributed by atoms with Crippen LogP contribution in [0.5, 0.6) is 0 Å². The summed E-state index contributed by atoms with van der Waals surface area (Å²) in [6.45, 7) is 0.652. The van der Waals surface area contributed by atoms with Crippen LogP contribution in [0.4, 0.5) is 15.3 Å². The summed E-state index contributed by atoms with van der Waals surface area (Å²) in [4.78, 5) is 16.2. The van der Waals surface area contributed by atoms with E-state index in [2.05, 4.69) is 41.7 Å². The molecule has 2 heterocycles. The Balaban J connectivity index is 1.46. The number of hydrogen-bond acceptors (Lipinski definition) is 6. The normalized spacial score (nSPS) is 10.5. The number of nitrogens with one attached hydrogen (secondary N) is 2. The van der Waals surface area contributed by atoms with Gasteiger partial charge in [0.25, 0.3) is 5.91 Å². The third kappa shape index (κ3) is 5.06. The first-order valence-electron chi connectivity index (χ1n) is 7.83. The molecule has 0 spiro atoms. The van der Waals surface area contributed by atoms with Gasteiger partial charge < -0.3 is 5.32 Å². The minimum Gasteiger partial charge on any atom is -0.370 e. The van der Waals surface area contributed by atoms with E-state index in [1.54, 1.807) is 23.7 Å². The van der Waals surface area contributed by atoms with E-state index in [-0.39, 0.29) is 11.7 Å². The molecule has 0 fully saturated rings.